The van der Waals surface area contributed by atoms with E-state index >= 15 is 0 Å². The highest BCUT2D eigenvalue weighted by atomic mass is 16.5. The third kappa shape index (κ3) is 4.54. The summed E-state index contributed by atoms with van der Waals surface area (Å²) in [5.41, 5.74) is 7.92. The number of benzene rings is 3. The average molecular weight is 488 g/mol. The first kappa shape index (κ1) is 24.1. The van der Waals surface area contributed by atoms with Gasteiger partial charge in [0, 0.05) is 11.6 Å². The van der Waals surface area contributed by atoms with Crippen molar-refractivity contribution in [2.24, 2.45) is 0 Å². The van der Waals surface area contributed by atoms with Gasteiger partial charge in [-0.25, -0.2) is 4.98 Å². The van der Waals surface area contributed by atoms with E-state index in [0.29, 0.717) is 22.7 Å². The molecule has 5 rings (SSSR count). The predicted molar refractivity (Wildman–Crippen MR) is 150 cm³/mol. The molecule has 0 atom stereocenters. The van der Waals surface area contributed by atoms with Crippen molar-refractivity contribution in [3.8, 4) is 28.8 Å². The van der Waals surface area contributed by atoms with E-state index in [1.807, 2.05) is 65.1 Å². The molecule has 0 saturated carbocycles. The first-order chi connectivity index (χ1) is 17.8. The van der Waals surface area contributed by atoms with E-state index in [9.17, 15) is 5.26 Å². The molecular weight excluding hydrogens is 458 g/mol. The Morgan fingerprint density at radius 3 is 2.16 bits per heavy atom. The fraction of sp³-hybridized carbons (Fsp3) is 0.188. The minimum atomic E-state index is 0.0939. The highest BCUT2D eigenvalue weighted by Gasteiger charge is 2.18. The van der Waals surface area contributed by atoms with E-state index in [2.05, 4.69) is 51.1 Å². The van der Waals surface area contributed by atoms with Gasteiger partial charge >= 0.3 is 0 Å². The maximum absolute atomic E-state index is 10.2. The van der Waals surface area contributed by atoms with Gasteiger partial charge in [-0.3, -0.25) is 4.40 Å². The van der Waals surface area contributed by atoms with Crippen LogP contribution in [0.15, 0.2) is 72.8 Å². The molecule has 0 bridgehead atoms. The fourth-order valence-electron chi connectivity index (χ4n) is 4.54. The average Bonchev–Trinajstić information content (AvgIpc) is 3.30. The van der Waals surface area contributed by atoms with E-state index in [1.54, 1.807) is 14.2 Å². The number of aromatic nitrogens is 2. The molecule has 5 nitrogen and oxygen atoms in total. The molecule has 2 heterocycles. The van der Waals surface area contributed by atoms with Gasteiger partial charge in [0.25, 0.3) is 0 Å². The number of ether oxygens (including phenoxy) is 2. The zero-order valence-electron chi connectivity index (χ0n) is 21.7. The Balaban J connectivity index is 1.74. The number of methoxy groups -OCH3 is 2. The van der Waals surface area contributed by atoms with Crippen LogP contribution in [0.5, 0.6) is 11.5 Å². The lowest BCUT2D eigenvalue weighted by molar-refractivity contribution is 0.394. The van der Waals surface area contributed by atoms with Crippen molar-refractivity contribution in [2.75, 3.05) is 14.2 Å². The first-order valence-electron chi connectivity index (χ1n) is 12.2. The SMILES string of the molecule is COc1cc(OC)cc(-c2cc(C=Cc3ccc(C(C)(C)C)cc3)c(C#N)c3nc4ccccc4n23)c1. The van der Waals surface area contributed by atoms with Crippen molar-refractivity contribution in [2.45, 2.75) is 26.2 Å². The van der Waals surface area contributed by atoms with Crippen LogP contribution in [-0.4, -0.2) is 23.6 Å². The Hall–Kier alpha value is -4.56. The van der Waals surface area contributed by atoms with Crippen LogP contribution in [0.3, 0.4) is 0 Å². The minimum Gasteiger partial charge on any atom is -0.497 e. The second kappa shape index (κ2) is 9.48. The molecule has 0 aliphatic rings. The summed E-state index contributed by atoms with van der Waals surface area (Å²) >= 11 is 0. The molecule has 0 spiro atoms. The van der Waals surface area contributed by atoms with Crippen LogP contribution in [-0.2, 0) is 5.41 Å². The molecule has 3 aromatic carbocycles. The molecule has 0 aliphatic carbocycles. The molecule has 184 valence electrons. The van der Waals surface area contributed by atoms with Crippen LogP contribution in [0, 0.1) is 11.3 Å². The molecule has 0 saturated heterocycles. The highest BCUT2D eigenvalue weighted by Crippen LogP contribution is 2.35. The van der Waals surface area contributed by atoms with Crippen molar-refractivity contribution in [3.63, 3.8) is 0 Å². The Morgan fingerprint density at radius 1 is 0.865 bits per heavy atom. The third-order valence-corrected chi connectivity index (χ3v) is 6.60. The second-order valence-corrected chi connectivity index (χ2v) is 10.0. The molecule has 0 aliphatic heterocycles. The van der Waals surface area contributed by atoms with Crippen molar-refractivity contribution in [3.05, 3.63) is 95.1 Å². The quantitative estimate of drug-likeness (QED) is 0.257. The van der Waals surface area contributed by atoms with Gasteiger partial charge in [-0.2, -0.15) is 5.26 Å². The van der Waals surface area contributed by atoms with Crippen LogP contribution in [0.4, 0.5) is 0 Å². The molecule has 0 fully saturated rings. The van der Waals surface area contributed by atoms with Gasteiger partial charge in [-0.15, -0.1) is 0 Å². The third-order valence-electron chi connectivity index (χ3n) is 6.60. The number of hydrogen-bond acceptors (Lipinski definition) is 4. The predicted octanol–water partition coefficient (Wildman–Crippen LogP) is 7.51. The normalized spacial score (nSPS) is 11.8. The Labute approximate surface area is 217 Å². The Bertz CT molecular complexity index is 1660. The summed E-state index contributed by atoms with van der Waals surface area (Å²) in [6.45, 7) is 6.61. The number of fused-ring (bicyclic) bond motifs is 3. The monoisotopic (exact) mass is 487 g/mol. The summed E-state index contributed by atoms with van der Waals surface area (Å²) < 4.78 is 13.1. The fourth-order valence-corrected chi connectivity index (χ4v) is 4.54. The van der Waals surface area contributed by atoms with Gasteiger partial charge in [0.15, 0.2) is 5.65 Å². The lowest BCUT2D eigenvalue weighted by Crippen LogP contribution is -2.10. The topological polar surface area (TPSA) is 59.5 Å². The summed E-state index contributed by atoms with van der Waals surface area (Å²) in [5, 5.41) is 10.2. The van der Waals surface area contributed by atoms with Crippen molar-refractivity contribution in [1.29, 1.82) is 5.26 Å². The smallest absolute Gasteiger partial charge is 0.157 e. The number of imidazole rings is 1. The molecule has 5 heteroatoms. The highest BCUT2D eigenvalue weighted by molar-refractivity contribution is 5.89. The summed E-state index contributed by atoms with van der Waals surface area (Å²) in [6, 6.07) is 26.7. The van der Waals surface area contributed by atoms with Gasteiger partial charge in [-0.1, -0.05) is 69.3 Å². The number of hydrogen-bond donors (Lipinski definition) is 0. The summed E-state index contributed by atoms with van der Waals surface area (Å²) in [5.74, 6) is 1.37. The maximum atomic E-state index is 10.2. The maximum Gasteiger partial charge on any atom is 0.157 e. The molecule has 0 amide bonds. The Kier molecular flexibility index (Phi) is 6.19. The molecular formula is C32H29N3O2. The molecule has 2 aromatic heterocycles. The van der Waals surface area contributed by atoms with E-state index in [4.69, 9.17) is 14.5 Å². The minimum absolute atomic E-state index is 0.0939. The van der Waals surface area contributed by atoms with Crippen LogP contribution >= 0.6 is 0 Å². The van der Waals surface area contributed by atoms with Crippen LogP contribution in [0.25, 0.3) is 40.1 Å². The largest absolute Gasteiger partial charge is 0.497 e. The van der Waals surface area contributed by atoms with E-state index in [0.717, 1.165) is 33.4 Å². The van der Waals surface area contributed by atoms with Crippen molar-refractivity contribution in [1.82, 2.24) is 9.38 Å². The first-order valence-corrected chi connectivity index (χ1v) is 12.2. The van der Waals surface area contributed by atoms with Crippen molar-refractivity contribution >= 4 is 28.8 Å². The number of para-hydroxylation sites is 2. The Morgan fingerprint density at radius 2 is 1.54 bits per heavy atom. The molecule has 0 unspecified atom stereocenters. The van der Waals surface area contributed by atoms with Crippen LogP contribution < -0.4 is 9.47 Å². The van der Waals surface area contributed by atoms with Gasteiger partial charge in [-0.05, 0) is 52.4 Å². The molecule has 0 radical (unpaired) electrons. The van der Waals surface area contributed by atoms with E-state index < -0.39 is 0 Å². The summed E-state index contributed by atoms with van der Waals surface area (Å²) in [4.78, 5) is 4.86. The number of nitriles is 1. The number of rotatable bonds is 5. The number of nitrogens with zero attached hydrogens (tertiary/aromatic N) is 3. The van der Waals surface area contributed by atoms with Gasteiger partial charge < -0.3 is 9.47 Å². The molecule has 0 N–H and O–H groups in total. The summed E-state index contributed by atoms with van der Waals surface area (Å²) in [6.07, 6.45) is 4.03. The zero-order valence-corrected chi connectivity index (χ0v) is 21.7. The molecule has 5 aromatic rings. The summed E-state index contributed by atoms with van der Waals surface area (Å²) in [7, 11) is 3.28. The lowest BCUT2D eigenvalue weighted by Gasteiger charge is -2.18. The second-order valence-electron chi connectivity index (χ2n) is 10.0. The van der Waals surface area contributed by atoms with Crippen LogP contribution in [0.1, 0.15) is 43.0 Å². The zero-order chi connectivity index (χ0) is 26.2. The van der Waals surface area contributed by atoms with Gasteiger partial charge in [0.2, 0.25) is 0 Å². The van der Waals surface area contributed by atoms with E-state index in [1.165, 1.54) is 5.56 Å². The standard InChI is InChI=1S/C32H29N3O2/c1-32(2,3)24-14-11-21(12-15-24)10-13-22-18-30(23-16-25(36-4)19-26(17-23)37-5)35-29-9-7-6-8-28(29)34-31(35)27(22)20-33/h6-19H,1-5H3. The van der Waals surface area contributed by atoms with Crippen LogP contribution in [0.2, 0.25) is 0 Å². The van der Waals surface area contributed by atoms with Crippen molar-refractivity contribution < 1.29 is 9.47 Å². The van der Waals surface area contributed by atoms with Gasteiger partial charge in [0.1, 0.15) is 23.1 Å². The van der Waals surface area contributed by atoms with E-state index in [-0.39, 0.29) is 5.41 Å². The number of pyridine rings is 1. The molecule has 37 heavy (non-hydrogen) atoms. The lowest BCUT2D eigenvalue weighted by atomic mass is 9.86. The van der Waals surface area contributed by atoms with Gasteiger partial charge in [0.05, 0.1) is 30.9 Å².